The van der Waals surface area contributed by atoms with E-state index in [9.17, 15) is 0 Å². The first-order valence-electron chi connectivity index (χ1n) is 9.25. The molecule has 0 atom stereocenters. The highest BCUT2D eigenvalue weighted by Crippen LogP contribution is 2.12. The van der Waals surface area contributed by atoms with E-state index in [4.69, 9.17) is 4.98 Å². The Morgan fingerprint density at radius 3 is 2.60 bits per heavy atom. The minimum Gasteiger partial charge on any atom is -0.236 e. The molecule has 132 valence electrons. The molecule has 3 heterocycles. The topological polar surface area (TPSA) is 39.5 Å². The Hall–Kier alpha value is -2.43. The van der Waals surface area contributed by atoms with E-state index in [-0.39, 0.29) is 0 Å². The third kappa shape index (κ3) is 4.35. The molecule has 3 aromatic heterocycles. The van der Waals surface area contributed by atoms with E-state index >= 15 is 0 Å². The normalized spacial score (nSPS) is 11.2. The van der Waals surface area contributed by atoms with Crippen LogP contribution in [0.1, 0.15) is 50.4 Å². The van der Waals surface area contributed by atoms with Crippen LogP contribution >= 0.6 is 0 Å². The number of aromatic nitrogens is 5. The molecule has 0 aliphatic rings. The summed E-state index contributed by atoms with van der Waals surface area (Å²) in [4.78, 5) is 4.77. The SMILES string of the molecule is CCCCCCC[n+]1ccn(-c2cccc(-n3nc(C)cc3C)n2)c1. The molecule has 25 heavy (non-hydrogen) atoms. The molecule has 5 nitrogen and oxygen atoms in total. The van der Waals surface area contributed by atoms with Crippen LogP contribution in [0.25, 0.3) is 11.6 Å². The molecule has 3 aromatic rings. The number of hydrogen-bond donors (Lipinski definition) is 0. The maximum absolute atomic E-state index is 4.77. The first-order valence-corrected chi connectivity index (χ1v) is 9.25. The molecule has 0 amide bonds. The summed E-state index contributed by atoms with van der Waals surface area (Å²) in [7, 11) is 0. The maximum atomic E-state index is 4.77. The van der Waals surface area contributed by atoms with Gasteiger partial charge in [-0.25, -0.2) is 9.25 Å². The van der Waals surface area contributed by atoms with Crippen LogP contribution in [0.5, 0.6) is 0 Å². The van der Waals surface area contributed by atoms with Crippen molar-refractivity contribution in [2.24, 2.45) is 0 Å². The fraction of sp³-hybridized carbons (Fsp3) is 0.450. The molecule has 0 fully saturated rings. The second-order valence-electron chi connectivity index (χ2n) is 6.67. The zero-order valence-electron chi connectivity index (χ0n) is 15.5. The Kier molecular flexibility index (Phi) is 5.64. The van der Waals surface area contributed by atoms with Crippen molar-refractivity contribution in [1.29, 1.82) is 0 Å². The molecule has 0 aliphatic carbocycles. The number of aryl methyl sites for hydroxylation is 3. The Morgan fingerprint density at radius 1 is 1.04 bits per heavy atom. The Bertz CT molecular complexity index is 815. The van der Waals surface area contributed by atoms with Crippen LogP contribution < -0.4 is 4.57 Å². The monoisotopic (exact) mass is 338 g/mol. The van der Waals surface area contributed by atoms with Crippen LogP contribution in [0.15, 0.2) is 43.0 Å². The molecule has 0 saturated carbocycles. The van der Waals surface area contributed by atoms with E-state index in [2.05, 4.69) is 52.9 Å². The molecule has 5 heteroatoms. The zero-order valence-corrected chi connectivity index (χ0v) is 15.5. The van der Waals surface area contributed by atoms with E-state index in [1.807, 2.05) is 29.8 Å². The Labute approximate surface area is 150 Å². The summed E-state index contributed by atoms with van der Waals surface area (Å²) in [6, 6.07) is 8.12. The minimum absolute atomic E-state index is 0.850. The van der Waals surface area contributed by atoms with Crippen LogP contribution in [-0.4, -0.2) is 19.3 Å². The molecule has 0 N–H and O–H groups in total. The molecule has 0 radical (unpaired) electrons. The molecule has 0 unspecified atom stereocenters. The van der Waals surface area contributed by atoms with Gasteiger partial charge in [-0.1, -0.05) is 32.3 Å². The van der Waals surface area contributed by atoms with E-state index in [1.54, 1.807) is 0 Å². The minimum atomic E-state index is 0.850. The van der Waals surface area contributed by atoms with Gasteiger partial charge >= 0.3 is 0 Å². The van der Waals surface area contributed by atoms with Gasteiger partial charge in [-0.15, -0.1) is 0 Å². The highest BCUT2D eigenvalue weighted by Gasteiger charge is 2.11. The predicted molar refractivity (Wildman–Crippen MR) is 99.1 cm³/mol. The lowest BCUT2D eigenvalue weighted by atomic mass is 10.1. The smallest absolute Gasteiger partial charge is 0.236 e. The average molecular weight is 338 g/mol. The number of unbranched alkanes of at least 4 members (excludes halogenated alkanes) is 4. The van der Waals surface area contributed by atoms with Crippen molar-refractivity contribution < 1.29 is 4.57 Å². The second kappa shape index (κ2) is 8.10. The van der Waals surface area contributed by atoms with Crippen molar-refractivity contribution in [3.8, 4) is 11.6 Å². The van der Waals surface area contributed by atoms with Crippen LogP contribution in [-0.2, 0) is 6.54 Å². The molecule has 3 rings (SSSR count). The van der Waals surface area contributed by atoms with Crippen molar-refractivity contribution in [1.82, 2.24) is 19.3 Å². The van der Waals surface area contributed by atoms with E-state index in [1.165, 1.54) is 32.1 Å². The van der Waals surface area contributed by atoms with Gasteiger partial charge in [-0.05, 0) is 38.8 Å². The number of pyridine rings is 1. The lowest BCUT2D eigenvalue weighted by Gasteiger charge is -2.04. The van der Waals surface area contributed by atoms with Crippen molar-refractivity contribution in [3.63, 3.8) is 0 Å². The third-order valence-corrected chi connectivity index (χ3v) is 4.42. The summed E-state index contributed by atoms with van der Waals surface area (Å²) in [5.74, 6) is 1.76. The van der Waals surface area contributed by atoms with Crippen molar-refractivity contribution in [2.45, 2.75) is 59.4 Å². The molecule has 0 aliphatic heterocycles. The number of imidazole rings is 1. The highest BCUT2D eigenvalue weighted by molar-refractivity contribution is 5.32. The quantitative estimate of drug-likeness (QED) is 0.461. The molecule has 0 saturated heterocycles. The predicted octanol–water partition coefficient (Wildman–Crippen LogP) is 3.93. The summed E-state index contributed by atoms with van der Waals surface area (Å²) in [5.41, 5.74) is 2.10. The van der Waals surface area contributed by atoms with Crippen LogP contribution in [0.4, 0.5) is 0 Å². The third-order valence-electron chi connectivity index (χ3n) is 4.42. The van der Waals surface area contributed by atoms with Gasteiger partial charge in [0.25, 0.3) is 0 Å². The van der Waals surface area contributed by atoms with Gasteiger partial charge < -0.3 is 0 Å². The van der Waals surface area contributed by atoms with Gasteiger partial charge in [0, 0.05) is 11.8 Å². The van der Waals surface area contributed by atoms with Crippen LogP contribution in [0.3, 0.4) is 0 Å². The summed E-state index contributed by atoms with van der Waals surface area (Å²) in [6.45, 7) is 7.37. The van der Waals surface area contributed by atoms with Crippen molar-refractivity contribution >= 4 is 0 Å². The first kappa shape index (κ1) is 17.4. The molecule has 0 spiro atoms. The van der Waals surface area contributed by atoms with Crippen LogP contribution in [0, 0.1) is 13.8 Å². The standard InChI is InChI=1S/C20H28N5/c1-4-5-6-7-8-12-23-13-14-24(16-23)19-10-9-11-20(21-19)25-18(3)15-17(2)22-25/h9-11,13-16H,4-8,12H2,1-3H3/q+1. The van der Waals surface area contributed by atoms with Gasteiger partial charge in [0.15, 0.2) is 5.82 Å². The number of nitrogens with zero attached hydrogens (tertiary/aromatic N) is 5. The van der Waals surface area contributed by atoms with Crippen molar-refractivity contribution in [2.75, 3.05) is 0 Å². The number of hydrogen-bond acceptors (Lipinski definition) is 2. The Balaban J connectivity index is 1.70. The molecule has 0 bridgehead atoms. The maximum Gasteiger partial charge on any atom is 0.250 e. The summed E-state index contributed by atoms with van der Waals surface area (Å²) in [6.07, 6.45) is 12.8. The van der Waals surface area contributed by atoms with Crippen molar-refractivity contribution in [3.05, 3.63) is 54.4 Å². The summed E-state index contributed by atoms with van der Waals surface area (Å²) >= 11 is 0. The van der Waals surface area contributed by atoms with E-state index < -0.39 is 0 Å². The zero-order chi connectivity index (χ0) is 17.6. The lowest BCUT2D eigenvalue weighted by molar-refractivity contribution is -0.696. The average Bonchev–Trinajstić information content (AvgIpc) is 3.21. The van der Waals surface area contributed by atoms with E-state index in [0.717, 1.165) is 29.6 Å². The van der Waals surface area contributed by atoms with Gasteiger partial charge in [-0.2, -0.15) is 14.6 Å². The van der Waals surface area contributed by atoms with Gasteiger partial charge in [0.05, 0.1) is 12.2 Å². The summed E-state index contributed by atoms with van der Waals surface area (Å²) < 4.78 is 6.20. The fourth-order valence-corrected chi connectivity index (χ4v) is 3.09. The van der Waals surface area contributed by atoms with Gasteiger partial charge in [0.2, 0.25) is 12.1 Å². The fourth-order valence-electron chi connectivity index (χ4n) is 3.09. The van der Waals surface area contributed by atoms with Crippen LogP contribution in [0.2, 0.25) is 0 Å². The number of rotatable bonds is 8. The molecular weight excluding hydrogens is 310 g/mol. The lowest BCUT2D eigenvalue weighted by Crippen LogP contribution is -2.30. The first-order chi connectivity index (χ1) is 12.2. The largest absolute Gasteiger partial charge is 0.250 e. The Morgan fingerprint density at radius 2 is 1.84 bits per heavy atom. The molecular formula is C20H28N5+. The second-order valence-corrected chi connectivity index (χ2v) is 6.67. The summed E-state index contributed by atoms with van der Waals surface area (Å²) in [5, 5.41) is 4.53. The van der Waals surface area contributed by atoms with Gasteiger partial charge in [0.1, 0.15) is 12.4 Å². The van der Waals surface area contributed by atoms with E-state index in [0.29, 0.717) is 0 Å². The molecule has 0 aromatic carbocycles. The highest BCUT2D eigenvalue weighted by atomic mass is 15.3. The van der Waals surface area contributed by atoms with Gasteiger partial charge in [-0.3, -0.25) is 0 Å².